The van der Waals surface area contributed by atoms with Gasteiger partial charge < -0.3 is 9.47 Å². The summed E-state index contributed by atoms with van der Waals surface area (Å²) in [6, 6.07) is 0.305. The van der Waals surface area contributed by atoms with Crippen molar-refractivity contribution in [2.75, 3.05) is 20.3 Å². The first-order chi connectivity index (χ1) is 7.24. The highest BCUT2D eigenvalue weighted by molar-refractivity contribution is 5.76. The lowest BCUT2D eigenvalue weighted by Gasteiger charge is -2.44. The molecule has 0 aromatic carbocycles. The van der Waals surface area contributed by atoms with E-state index in [-0.39, 0.29) is 12.0 Å². The Bertz CT molecular complexity index is 238. The van der Waals surface area contributed by atoms with E-state index < -0.39 is 0 Å². The van der Waals surface area contributed by atoms with E-state index in [1.807, 2.05) is 0 Å². The van der Waals surface area contributed by atoms with Gasteiger partial charge in [0.05, 0.1) is 13.2 Å². The third kappa shape index (κ3) is 2.01. The molecule has 3 unspecified atom stereocenters. The van der Waals surface area contributed by atoms with Crippen LogP contribution in [-0.2, 0) is 14.3 Å². The van der Waals surface area contributed by atoms with Gasteiger partial charge in [0.15, 0.2) is 0 Å². The first kappa shape index (κ1) is 10.9. The van der Waals surface area contributed by atoms with Crippen LogP contribution in [0.4, 0.5) is 0 Å². The van der Waals surface area contributed by atoms with Crippen LogP contribution in [-0.4, -0.2) is 49.3 Å². The number of esters is 1. The van der Waals surface area contributed by atoms with Crippen molar-refractivity contribution in [2.24, 2.45) is 0 Å². The Morgan fingerprint density at radius 3 is 2.80 bits per heavy atom. The Morgan fingerprint density at radius 2 is 2.33 bits per heavy atom. The van der Waals surface area contributed by atoms with Crippen LogP contribution in [0.2, 0.25) is 0 Å². The maximum atomic E-state index is 11.4. The van der Waals surface area contributed by atoms with Gasteiger partial charge in [0.2, 0.25) is 0 Å². The summed E-state index contributed by atoms with van der Waals surface area (Å²) in [6.07, 6.45) is 3.48. The SMILES string of the molecule is COC(=O)C1CCN1C(C)C1CCCO1. The fraction of sp³-hybridized carbons (Fsp3) is 0.909. The zero-order chi connectivity index (χ0) is 10.8. The number of likely N-dealkylation sites (tertiary alicyclic amines) is 1. The summed E-state index contributed by atoms with van der Waals surface area (Å²) in [6.45, 7) is 4.00. The van der Waals surface area contributed by atoms with Crippen LogP contribution in [0.1, 0.15) is 26.2 Å². The Kier molecular flexibility index (Phi) is 3.26. The Balaban J connectivity index is 1.90. The molecule has 0 aromatic rings. The monoisotopic (exact) mass is 213 g/mol. The van der Waals surface area contributed by atoms with E-state index in [0.717, 1.165) is 32.4 Å². The molecular weight excluding hydrogens is 194 g/mol. The summed E-state index contributed by atoms with van der Waals surface area (Å²) >= 11 is 0. The van der Waals surface area contributed by atoms with Crippen molar-refractivity contribution in [1.82, 2.24) is 4.90 Å². The van der Waals surface area contributed by atoms with Gasteiger partial charge in [-0.1, -0.05) is 0 Å². The third-order valence-electron chi connectivity index (χ3n) is 3.56. The molecule has 0 amide bonds. The van der Waals surface area contributed by atoms with E-state index in [0.29, 0.717) is 12.1 Å². The van der Waals surface area contributed by atoms with Crippen LogP contribution in [0.25, 0.3) is 0 Å². The number of carbonyl (C=O) groups is 1. The van der Waals surface area contributed by atoms with E-state index in [1.54, 1.807) is 0 Å². The number of ether oxygens (including phenoxy) is 2. The molecule has 3 atom stereocenters. The lowest BCUT2D eigenvalue weighted by molar-refractivity contribution is -0.155. The van der Waals surface area contributed by atoms with Crippen LogP contribution >= 0.6 is 0 Å². The summed E-state index contributed by atoms with van der Waals surface area (Å²) in [4.78, 5) is 13.6. The van der Waals surface area contributed by atoms with Crippen LogP contribution in [0, 0.1) is 0 Å². The molecule has 4 heteroatoms. The van der Waals surface area contributed by atoms with Gasteiger partial charge in [-0.15, -0.1) is 0 Å². The molecule has 0 spiro atoms. The summed E-state index contributed by atoms with van der Waals surface area (Å²) in [7, 11) is 1.45. The van der Waals surface area contributed by atoms with Crippen LogP contribution in [0.3, 0.4) is 0 Å². The van der Waals surface area contributed by atoms with E-state index in [4.69, 9.17) is 9.47 Å². The molecule has 2 aliphatic rings. The van der Waals surface area contributed by atoms with E-state index >= 15 is 0 Å². The predicted octanol–water partition coefficient (Wildman–Crippen LogP) is 0.801. The fourth-order valence-corrected chi connectivity index (χ4v) is 2.48. The molecular formula is C11H19NO3. The van der Waals surface area contributed by atoms with Gasteiger partial charge in [-0.3, -0.25) is 9.69 Å². The molecule has 0 bridgehead atoms. The molecule has 0 aliphatic carbocycles. The molecule has 4 nitrogen and oxygen atoms in total. The number of nitrogens with zero attached hydrogens (tertiary/aromatic N) is 1. The largest absolute Gasteiger partial charge is 0.468 e. The van der Waals surface area contributed by atoms with Crippen molar-refractivity contribution in [3.63, 3.8) is 0 Å². The van der Waals surface area contributed by atoms with Crippen LogP contribution in [0.15, 0.2) is 0 Å². The standard InChI is InChI=1S/C11H19NO3/c1-8(10-4-3-7-15-10)12-6-5-9(12)11(13)14-2/h8-10H,3-7H2,1-2H3. The topological polar surface area (TPSA) is 38.8 Å². The number of methoxy groups -OCH3 is 1. The summed E-state index contributed by atoms with van der Waals surface area (Å²) < 4.78 is 10.4. The summed E-state index contributed by atoms with van der Waals surface area (Å²) in [5.74, 6) is -0.105. The zero-order valence-corrected chi connectivity index (χ0v) is 9.44. The Labute approximate surface area is 90.5 Å². The van der Waals surface area contributed by atoms with Crippen LogP contribution < -0.4 is 0 Å². The molecule has 0 saturated carbocycles. The maximum Gasteiger partial charge on any atom is 0.323 e. The highest BCUT2D eigenvalue weighted by atomic mass is 16.5. The van der Waals surface area contributed by atoms with Gasteiger partial charge in [0.1, 0.15) is 6.04 Å². The number of hydrogen-bond acceptors (Lipinski definition) is 4. The van der Waals surface area contributed by atoms with E-state index in [9.17, 15) is 4.79 Å². The highest BCUT2D eigenvalue weighted by Crippen LogP contribution is 2.27. The predicted molar refractivity (Wildman–Crippen MR) is 55.6 cm³/mol. The smallest absolute Gasteiger partial charge is 0.323 e. The maximum absolute atomic E-state index is 11.4. The molecule has 15 heavy (non-hydrogen) atoms. The average molecular weight is 213 g/mol. The van der Waals surface area contributed by atoms with Gasteiger partial charge in [-0.05, 0) is 26.2 Å². The minimum atomic E-state index is -0.105. The highest BCUT2D eigenvalue weighted by Gasteiger charge is 2.41. The second kappa shape index (κ2) is 4.49. The van der Waals surface area contributed by atoms with Crippen molar-refractivity contribution in [3.05, 3.63) is 0 Å². The van der Waals surface area contributed by atoms with Gasteiger partial charge in [0, 0.05) is 19.2 Å². The second-order valence-electron chi connectivity index (χ2n) is 4.36. The van der Waals surface area contributed by atoms with Crippen molar-refractivity contribution < 1.29 is 14.3 Å². The van der Waals surface area contributed by atoms with E-state index in [2.05, 4.69) is 11.8 Å². The molecule has 0 N–H and O–H groups in total. The number of hydrogen-bond donors (Lipinski definition) is 0. The fourth-order valence-electron chi connectivity index (χ4n) is 2.48. The first-order valence-corrected chi connectivity index (χ1v) is 5.69. The molecule has 86 valence electrons. The van der Waals surface area contributed by atoms with Crippen molar-refractivity contribution in [3.8, 4) is 0 Å². The van der Waals surface area contributed by atoms with Gasteiger partial charge in [-0.2, -0.15) is 0 Å². The molecule has 2 fully saturated rings. The normalized spacial score (nSPS) is 33.5. The molecule has 2 heterocycles. The lowest BCUT2D eigenvalue weighted by atomic mass is 9.97. The quantitative estimate of drug-likeness (QED) is 0.650. The number of rotatable bonds is 3. The van der Waals surface area contributed by atoms with Crippen LogP contribution in [0.5, 0.6) is 0 Å². The summed E-state index contributed by atoms with van der Waals surface area (Å²) in [5, 5.41) is 0. The molecule has 0 radical (unpaired) electrons. The molecule has 2 aliphatic heterocycles. The number of carbonyl (C=O) groups excluding carboxylic acids is 1. The zero-order valence-electron chi connectivity index (χ0n) is 9.44. The Morgan fingerprint density at radius 1 is 1.53 bits per heavy atom. The molecule has 2 rings (SSSR count). The molecule has 0 aromatic heterocycles. The van der Waals surface area contributed by atoms with Crippen molar-refractivity contribution in [2.45, 2.75) is 44.4 Å². The minimum Gasteiger partial charge on any atom is -0.468 e. The van der Waals surface area contributed by atoms with Crippen molar-refractivity contribution in [1.29, 1.82) is 0 Å². The first-order valence-electron chi connectivity index (χ1n) is 5.69. The molecule has 2 saturated heterocycles. The second-order valence-corrected chi connectivity index (χ2v) is 4.36. The van der Waals surface area contributed by atoms with Crippen molar-refractivity contribution >= 4 is 5.97 Å². The Hall–Kier alpha value is -0.610. The third-order valence-corrected chi connectivity index (χ3v) is 3.56. The van der Waals surface area contributed by atoms with Gasteiger partial charge in [-0.25, -0.2) is 0 Å². The van der Waals surface area contributed by atoms with Gasteiger partial charge >= 0.3 is 5.97 Å². The summed E-state index contributed by atoms with van der Waals surface area (Å²) in [5.41, 5.74) is 0. The van der Waals surface area contributed by atoms with Gasteiger partial charge in [0.25, 0.3) is 0 Å². The minimum absolute atomic E-state index is 0.0331. The average Bonchev–Trinajstić information content (AvgIpc) is 2.68. The lowest BCUT2D eigenvalue weighted by Crippen LogP contribution is -2.59. The van der Waals surface area contributed by atoms with E-state index in [1.165, 1.54) is 7.11 Å².